The van der Waals surface area contributed by atoms with Crippen molar-refractivity contribution in [1.29, 1.82) is 0 Å². The zero-order valence-electron chi connectivity index (χ0n) is 14.7. The largest absolute Gasteiger partial charge is 0.469 e. The van der Waals surface area contributed by atoms with E-state index in [0.717, 1.165) is 12.0 Å². The molecule has 1 aromatic carbocycles. The number of esters is 1. The SMILES string of the molecule is COC(=O)CCCC(=O)N1CCCN1C(=O)Cc1ccc2c(c1)OCO2. The average Bonchev–Trinajstić information content (AvgIpc) is 3.30. The van der Waals surface area contributed by atoms with E-state index in [1.807, 2.05) is 6.07 Å². The molecule has 26 heavy (non-hydrogen) atoms. The van der Waals surface area contributed by atoms with Gasteiger partial charge in [0.2, 0.25) is 18.6 Å². The lowest BCUT2D eigenvalue weighted by Crippen LogP contribution is -2.45. The van der Waals surface area contributed by atoms with Crippen molar-refractivity contribution in [2.24, 2.45) is 0 Å². The van der Waals surface area contributed by atoms with Crippen LogP contribution in [0.15, 0.2) is 18.2 Å². The number of methoxy groups -OCH3 is 1. The Kier molecular flexibility index (Phi) is 5.60. The van der Waals surface area contributed by atoms with Gasteiger partial charge >= 0.3 is 5.97 Å². The summed E-state index contributed by atoms with van der Waals surface area (Å²) in [5.74, 6) is 0.681. The Bertz CT molecular complexity index is 705. The van der Waals surface area contributed by atoms with Gasteiger partial charge in [0.1, 0.15) is 0 Å². The summed E-state index contributed by atoms with van der Waals surface area (Å²) in [4.78, 5) is 36.2. The van der Waals surface area contributed by atoms with Crippen LogP contribution in [0.25, 0.3) is 0 Å². The van der Waals surface area contributed by atoms with E-state index in [1.54, 1.807) is 12.1 Å². The van der Waals surface area contributed by atoms with E-state index in [-0.39, 0.29) is 43.8 Å². The van der Waals surface area contributed by atoms with Crippen molar-refractivity contribution in [3.05, 3.63) is 23.8 Å². The van der Waals surface area contributed by atoms with Crippen LogP contribution in [0.5, 0.6) is 11.5 Å². The summed E-state index contributed by atoms with van der Waals surface area (Å²) in [5, 5.41) is 3.00. The van der Waals surface area contributed by atoms with Gasteiger partial charge in [-0.05, 0) is 30.5 Å². The molecule has 0 saturated carbocycles. The predicted molar refractivity (Wildman–Crippen MR) is 90.2 cm³/mol. The molecule has 1 aromatic rings. The Labute approximate surface area is 151 Å². The zero-order valence-corrected chi connectivity index (χ0v) is 14.7. The van der Waals surface area contributed by atoms with Crippen LogP contribution in [0, 0.1) is 0 Å². The van der Waals surface area contributed by atoms with Gasteiger partial charge in [-0.3, -0.25) is 24.4 Å². The fraction of sp³-hybridized carbons (Fsp3) is 0.500. The first-order valence-electron chi connectivity index (χ1n) is 8.64. The highest BCUT2D eigenvalue weighted by molar-refractivity contribution is 5.84. The lowest BCUT2D eigenvalue weighted by Gasteiger charge is -2.28. The topological polar surface area (TPSA) is 85.4 Å². The van der Waals surface area contributed by atoms with Crippen LogP contribution >= 0.6 is 0 Å². The fourth-order valence-corrected chi connectivity index (χ4v) is 3.06. The van der Waals surface area contributed by atoms with Crippen LogP contribution in [0.3, 0.4) is 0 Å². The summed E-state index contributed by atoms with van der Waals surface area (Å²) in [6, 6.07) is 5.40. The second-order valence-electron chi connectivity index (χ2n) is 6.18. The van der Waals surface area contributed by atoms with E-state index < -0.39 is 0 Å². The quantitative estimate of drug-likeness (QED) is 0.709. The third kappa shape index (κ3) is 4.07. The van der Waals surface area contributed by atoms with Crippen LogP contribution in [0.2, 0.25) is 0 Å². The molecule has 0 unspecified atom stereocenters. The Morgan fingerprint density at radius 3 is 2.54 bits per heavy atom. The van der Waals surface area contributed by atoms with Gasteiger partial charge < -0.3 is 14.2 Å². The Morgan fingerprint density at radius 1 is 1.04 bits per heavy atom. The molecule has 2 amide bonds. The molecule has 0 atom stereocenters. The van der Waals surface area contributed by atoms with Crippen molar-refractivity contribution in [3.63, 3.8) is 0 Å². The molecule has 0 spiro atoms. The van der Waals surface area contributed by atoms with E-state index in [4.69, 9.17) is 9.47 Å². The fourth-order valence-electron chi connectivity index (χ4n) is 3.06. The normalized spacial score (nSPS) is 15.3. The summed E-state index contributed by atoms with van der Waals surface area (Å²) in [7, 11) is 1.32. The van der Waals surface area contributed by atoms with E-state index in [9.17, 15) is 14.4 Å². The predicted octanol–water partition coefficient (Wildman–Crippen LogP) is 1.28. The van der Waals surface area contributed by atoms with E-state index >= 15 is 0 Å². The number of nitrogens with zero attached hydrogens (tertiary/aromatic N) is 2. The zero-order chi connectivity index (χ0) is 18.5. The number of hydrogen-bond donors (Lipinski definition) is 0. The number of carbonyl (C=O) groups is 3. The highest BCUT2D eigenvalue weighted by Gasteiger charge is 2.30. The molecule has 8 nitrogen and oxygen atoms in total. The van der Waals surface area contributed by atoms with Gasteiger partial charge in [-0.1, -0.05) is 6.07 Å². The van der Waals surface area contributed by atoms with Crippen molar-refractivity contribution in [2.75, 3.05) is 27.0 Å². The van der Waals surface area contributed by atoms with Crippen molar-refractivity contribution < 1.29 is 28.6 Å². The molecule has 2 heterocycles. The molecule has 0 radical (unpaired) electrons. The molecule has 2 aliphatic heterocycles. The molecule has 2 aliphatic rings. The number of benzene rings is 1. The molecule has 8 heteroatoms. The highest BCUT2D eigenvalue weighted by atomic mass is 16.7. The maximum absolute atomic E-state index is 12.6. The van der Waals surface area contributed by atoms with Gasteiger partial charge in [-0.25, -0.2) is 0 Å². The minimum atomic E-state index is -0.338. The maximum Gasteiger partial charge on any atom is 0.305 e. The first-order chi connectivity index (χ1) is 12.6. The number of carbonyl (C=O) groups excluding carboxylic acids is 3. The molecule has 0 bridgehead atoms. The monoisotopic (exact) mass is 362 g/mol. The minimum Gasteiger partial charge on any atom is -0.469 e. The summed E-state index contributed by atoms with van der Waals surface area (Å²) in [6.45, 7) is 1.22. The van der Waals surface area contributed by atoms with Crippen LogP contribution in [-0.2, 0) is 25.5 Å². The van der Waals surface area contributed by atoms with Gasteiger partial charge in [0.15, 0.2) is 11.5 Å². The number of ether oxygens (including phenoxy) is 3. The van der Waals surface area contributed by atoms with Crippen LogP contribution < -0.4 is 9.47 Å². The van der Waals surface area contributed by atoms with Crippen molar-refractivity contribution in [3.8, 4) is 11.5 Å². The second kappa shape index (κ2) is 8.07. The van der Waals surface area contributed by atoms with Gasteiger partial charge in [0.25, 0.3) is 0 Å². The Morgan fingerprint density at radius 2 is 1.77 bits per heavy atom. The summed E-state index contributed by atoms with van der Waals surface area (Å²) in [6.07, 6.45) is 1.74. The third-order valence-corrected chi connectivity index (χ3v) is 4.40. The molecule has 0 N–H and O–H groups in total. The van der Waals surface area contributed by atoms with E-state index in [2.05, 4.69) is 4.74 Å². The van der Waals surface area contributed by atoms with Gasteiger partial charge in [0, 0.05) is 25.9 Å². The minimum absolute atomic E-state index is 0.136. The molecule has 3 rings (SSSR count). The van der Waals surface area contributed by atoms with Gasteiger partial charge in [-0.2, -0.15) is 0 Å². The van der Waals surface area contributed by atoms with E-state index in [0.29, 0.717) is 31.0 Å². The number of fused-ring (bicyclic) bond motifs is 1. The summed E-state index contributed by atoms with van der Waals surface area (Å²) < 4.78 is 15.2. The lowest BCUT2D eigenvalue weighted by atomic mass is 10.1. The van der Waals surface area contributed by atoms with E-state index in [1.165, 1.54) is 17.1 Å². The van der Waals surface area contributed by atoms with Crippen LogP contribution in [0.1, 0.15) is 31.2 Å². The Balaban J connectivity index is 1.56. The molecular formula is C18H22N2O6. The first kappa shape index (κ1) is 18.0. The van der Waals surface area contributed by atoms with Crippen LogP contribution in [0.4, 0.5) is 0 Å². The molecule has 1 saturated heterocycles. The second-order valence-corrected chi connectivity index (χ2v) is 6.18. The van der Waals surface area contributed by atoms with Crippen molar-refractivity contribution in [1.82, 2.24) is 10.0 Å². The molecular weight excluding hydrogens is 340 g/mol. The number of amides is 2. The number of rotatable bonds is 6. The lowest BCUT2D eigenvalue weighted by molar-refractivity contribution is -0.157. The number of hydrazine groups is 1. The molecule has 0 aliphatic carbocycles. The van der Waals surface area contributed by atoms with Crippen molar-refractivity contribution in [2.45, 2.75) is 32.1 Å². The summed E-state index contributed by atoms with van der Waals surface area (Å²) >= 11 is 0. The van der Waals surface area contributed by atoms with Crippen molar-refractivity contribution >= 4 is 17.8 Å². The molecule has 140 valence electrons. The molecule has 0 aromatic heterocycles. The number of hydrogen-bond acceptors (Lipinski definition) is 6. The summed E-state index contributed by atoms with van der Waals surface area (Å²) in [5.41, 5.74) is 0.809. The van der Waals surface area contributed by atoms with Gasteiger partial charge in [-0.15, -0.1) is 0 Å². The maximum atomic E-state index is 12.6. The average molecular weight is 362 g/mol. The van der Waals surface area contributed by atoms with Crippen LogP contribution in [-0.4, -0.2) is 54.8 Å². The highest BCUT2D eigenvalue weighted by Crippen LogP contribution is 2.32. The molecule has 1 fully saturated rings. The Hall–Kier alpha value is -2.77. The van der Waals surface area contributed by atoms with Gasteiger partial charge in [0.05, 0.1) is 13.5 Å². The first-order valence-corrected chi connectivity index (χ1v) is 8.64. The smallest absolute Gasteiger partial charge is 0.305 e. The standard InChI is InChI=1S/C18H22N2O6/c1-24-18(23)5-2-4-16(21)19-8-3-9-20(19)17(22)11-13-6-7-14-15(10-13)26-12-25-14/h6-7,10H,2-5,8-9,11-12H2,1H3. The third-order valence-electron chi connectivity index (χ3n) is 4.40.